The van der Waals surface area contributed by atoms with Crippen LogP contribution in [0, 0.1) is 0 Å². The SMILES string of the molecule is CCNc1ncc(COc2cccc(CC)c2)s1. The summed E-state index contributed by atoms with van der Waals surface area (Å²) in [6, 6.07) is 8.23. The first-order valence-corrected chi connectivity index (χ1v) is 7.03. The first kappa shape index (κ1) is 12.9. The molecule has 18 heavy (non-hydrogen) atoms. The van der Waals surface area contributed by atoms with E-state index in [1.165, 1.54) is 5.56 Å². The number of rotatable bonds is 6. The lowest BCUT2D eigenvalue weighted by Crippen LogP contribution is -1.94. The van der Waals surface area contributed by atoms with Crippen LogP contribution >= 0.6 is 11.3 Å². The van der Waals surface area contributed by atoms with E-state index in [-0.39, 0.29) is 0 Å². The van der Waals surface area contributed by atoms with E-state index in [9.17, 15) is 0 Å². The van der Waals surface area contributed by atoms with Gasteiger partial charge in [-0.3, -0.25) is 0 Å². The van der Waals surface area contributed by atoms with Crippen LogP contribution in [-0.4, -0.2) is 11.5 Å². The van der Waals surface area contributed by atoms with Crippen LogP contribution in [-0.2, 0) is 13.0 Å². The van der Waals surface area contributed by atoms with Gasteiger partial charge in [-0.25, -0.2) is 4.98 Å². The zero-order valence-electron chi connectivity index (χ0n) is 10.8. The molecule has 1 heterocycles. The molecule has 4 heteroatoms. The molecule has 0 saturated heterocycles. The van der Waals surface area contributed by atoms with Crippen molar-refractivity contribution in [2.75, 3.05) is 11.9 Å². The standard InChI is InChI=1S/C14H18N2OS/c1-3-11-6-5-7-12(8-11)17-10-13-9-16-14(18-13)15-4-2/h5-9H,3-4,10H2,1-2H3,(H,15,16). The number of anilines is 1. The van der Waals surface area contributed by atoms with E-state index in [2.05, 4.69) is 36.3 Å². The fourth-order valence-electron chi connectivity index (χ4n) is 1.62. The summed E-state index contributed by atoms with van der Waals surface area (Å²) in [5, 5.41) is 4.15. The van der Waals surface area contributed by atoms with Gasteiger partial charge in [0, 0.05) is 12.7 Å². The van der Waals surface area contributed by atoms with Gasteiger partial charge < -0.3 is 10.1 Å². The summed E-state index contributed by atoms with van der Waals surface area (Å²) in [7, 11) is 0. The number of thiazole rings is 1. The number of nitrogens with one attached hydrogen (secondary N) is 1. The molecule has 3 nitrogen and oxygen atoms in total. The fourth-order valence-corrected chi connectivity index (χ4v) is 2.41. The Hall–Kier alpha value is -1.55. The molecule has 0 aliphatic carbocycles. The molecular weight excluding hydrogens is 244 g/mol. The molecule has 0 amide bonds. The minimum absolute atomic E-state index is 0.580. The van der Waals surface area contributed by atoms with Gasteiger partial charge in [-0.05, 0) is 31.0 Å². The molecule has 1 N–H and O–H groups in total. The minimum atomic E-state index is 0.580. The molecule has 2 rings (SSSR count). The van der Waals surface area contributed by atoms with E-state index in [1.807, 2.05) is 18.3 Å². The number of nitrogens with zero attached hydrogens (tertiary/aromatic N) is 1. The highest BCUT2D eigenvalue weighted by Gasteiger charge is 2.02. The molecule has 0 bridgehead atoms. The van der Waals surface area contributed by atoms with Crippen molar-refractivity contribution < 1.29 is 4.74 Å². The van der Waals surface area contributed by atoms with E-state index in [0.29, 0.717) is 6.61 Å². The fraction of sp³-hybridized carbons (Fsp3) is 0.357. The third-order valence-electron chi connectivity index (χ3n) is 2.57. The maximum Gasteiger partial charge on any atom is 0.182 e. The van der Waals surface area contributed by atoms with Crippen molar-refractivity contribution in [1.29, 1.82) is 0 Å². The van der Waals surface area contributed by atoms with Gasteiger partial charge in [0.15, 0.2) is 5.13 Å². The Morgan fingerprint density at radius 1 is 1.33 bits per heavy atom. The summed E-state index contributed by atoms with van der Waals surface area (Å²) < 4.78 is 5.77. The van der Waals surface area contributed by atoms with Crippen LogP contribution in [0.4, 0.5) is 5.13 Å². The Morgan fingerprint density at radius 2 is 2.22 bits per heavy atom. The smallest absolute Gasteiger partial charge is 0.182 e. The van der Waals surface area contributed by atoms with Gasteiger partial charge in [0.05, 0.1) is 4.88 Å². The van der Waals surface area contributed by atoms with E-state index in [1.54, 1.807) is 11.3 Å². The second kappa shape index (κ2) is 6.40. The summed E-state index contributed by atoms with van der Waals surface area (Å²) in [4.78, 5) is 5.41. The molecule has 1 aromatic heterocycles. The van der Waals surface area contributed by atoms with Gasteiger partial charge >= 0.3 is 0 Å². The third-order valence-corrected chi connectivity index (χ3v) is 3.50. The molecule has 0 aliphatic heterocycles. The van der Waals surface area contributed by atoms with Crippen molar-refractivity contribution in [2.45, 2.75) is 26.9 Å². The number of aromatic nitrogens is 1. The van der Waals surface area contributed by atoms with Crippen molar-refractivity contribution in [1.82, 2.24) is 4.98 Å². The Kier molecular flexibility index (Phi) is 4.59. The predicted molar refractivity (Wildman–Crippen MR) is 76.4 cm³/mol. The van der Waals surface area contributed by atoms with E-state index < -0.39 is 0 Å². The number of hydrogen-bond acceptors (Lipinski definition) is 4. The highest BCUT2D eigenvalue weighted by Crippen LogP contribution is 2.21. The highest BCUT2D eigenvalue weighted by atomic mass is 32.1. The summed E-state index contributed by atoms with van der Waals surface area (Å²) in [5.74, 6) is 0.924. The molecule has 96 valence electrons. The number of aryl methyl sites for hydroxylation is 1. The average molecular weight is 262 g/mol. The second-order valence-corrected chi connectivity index (χ2v) is 5.07. The van der Waals surface area contributed by atoms with Crippen molar-refractivity contribution in [2.24, 2.45) is 0 Å². The second-order valence-electron chi connectivity index (χ2n) is 3.95. The Morgan fingerprint density at radius 3 is 3.00 bits per heavy atom. The lowest BCUT2D eigenvalue weighted by molar-refractivity contribution is 0.309. The maximum absolute atomic E-state index is 5.77. The quantitative estimate of drug-likeness (QED) is 0.861. The summed E-state index contributed by atoms with van der Waals surface area (Å²) in [5.41, 5.74) is 1.30. The molecule has 0 atom stereocenters. The van der Waals surface area contributed by atoms with E-state index in [4.69, 9.17) is 4.74 Å². The van der Waals surface area contributed by atoms with Crippen LogP contribution in [0.5, 0.6) is 5.75 Å². The van der Waals surface area contributed by atoms with Crippen molar-refractivity contribution in [3.05, 3.63) is 40.9 Å². The van der Waals surface area contributed by atoms with Crippen LogP contribution in [0.2, 0.25) is 0 Å². The molecule has 0 radical (unpaired) electrons. The van der Waals surface area contributed by atoms with Crippen molar-refractivity contribution in [3.63, 3.8) is 0 Å². The van der Waals surface area contributed by atoms with E-state index >= 15 is 0 Å². The molecule has 2 aromatic rings. The molecule has 0 fully saturated rings. The van der Waals surface area contributed by atoms with E-state index in [0.717, 1.165) is 28.7 Å². The van der Waals surface area contributed by atoms with Crippen LogP contribution < -0.4 is 10.1 Å². The zero-order valence-corrected chi connectivity index (χ0v) is 11.6. The minimum Gasteiger partial charge on any atom is -0.488 e. The molecule has 0 saturated carbocycles. The number of ether oxygens (including phenoxy) is 1. The Balaban J connectivity index is 1.93. The summed E-state index contributed by atoms with van der Waals surface area (Å²) in [6.07, 6.45) is 2.90. The van der Waals surface area contributed by atoms with Crippen LogP contribution in [0.15, 0.2) is 30.5 Å². The monoisotopic (exact) mass is 262 g/mol. The van der Waals surface area contributed by atoms with Gasteiger partial charge in [-0.15, -0.1) is 0 Å². The van der Waals surface area contributed by atoms with Crippen LogP contribution in [0.25, 0.3) is 0 Å². The molecule has 0 aliphatic rings. The summed E-state index contributed by atoms with van der Waals surface area (Å²) in [6.45, 7) is 5.68. The Bertz CT molecular complexity index is 496. The molecule has 0 spiro atoms. The van der Waals surface area contributed by atoms with Gasteiger partial charge in [0.1, 0.15) is 12.4 Å². The van der Waals surface area contributed by atoms with Gasteiger partial charge in [0.25, 0.3) is 0 Å². The molecule has 0 unspecified atom stereocenters. The van der Waals surface area contributed by atoms with Crippen LogP contribution in [0.1, 0.15) is 24.3 Å². The third kappa shape index (κ3) is 3.47. The highest BCUT2D eigenvalue weighted by molar-refractivity contribution is 7.15. The number of benzene rings is 1. The first-order valence-electron chi connectivity index (χ1n) is 6.22. The normalized spacial score (nSPS) is 10.3. The van der Waals surface area contributed by atoms with Gasteiger partial charge in [-0.2, -0.15) is 0 Å². The average Bonchev–Trinajstić information content (AvgIpc) is 2.85. The van der Waals surface area contributed by atoms with Crippen molar-refractivity contribution in [3.8, 4) is 5.75 Å². The first-order chi connectivity index (χ1) is 8.81. The lowest BCUT2D eigenvalue weighted by atomic mass is 10.2. The topological polar surface area (TPSA) is 34.2 Å². The molecular formula is C14H18N2OS. The summed E-state index contributed by atoms with van der Waals surface area (Å²) >= 11 is 1.64. The largest absolute Gasteiger partial charge is 0.488 e. The Labute approximate surface area is 112 Å². The van der Waals surface area contributed by atoms with Gasteiger partial charge in [-0.1, -0.05) is 30.4 Å². The maximum atomic E-state index is 5.77. The molecule has 1 aromatic carbocycles. The van der Waals surface area contributed by atoms with Gasteiger partial charge in [0.2, 0.25) is 0 Å². The lowest BCUT2D eigenvalue weighted by Gasteiger charge is -2.05. The number of hydrogen-bond donors (Lipinski definition) is 1. The van der Waals surface area contributed by atoms with Crippen molar-refractivity contribution >= 4 is 16.5 Å². The predicted octanol–water partition coefficient (Wildman–Crippen LogP) is 3.72. The van der Waals surface area contributed by atoms with Crippen LogP contribution in [0.3, 0.4) is 0 Å². The zero-order chi connectivity index (χ0) is 12.8.